The van der Waals surface area contributed by atoms with Crippen LogP contribution in [0.1, 0.15) is 30.4 Å². The summed E-state index contributed by atoms with van der Waals surface area (Å²) in [7, 11) is 2.98. The maximum atomic E-state index is 12.9. The highest BCUT2D eigenvalue weighted by atomic mass is 16.5. The molecule has 1 aliphatic rings. The highest BCUT2D eigenvalue weighted by molar-refractivity contribution is 6.14. The monoisotopic (exact) mass is 366 g/mol. The summed E-state index contributed by atoms with van der Waals surface area (Å²) >= 11 is 0. The lowest BCUT2D eigenvalue weighted by Crippen LogP contribution is -2.12. The van der Waals surface area contributed by atoms with Crippen molar-refractivity contribution in [3.63, 3.8) is 0 Å². The quantitative estimate of drug-likeness (QED) is 0.788. The molecule has 0 atom stereocenters. The number of hydrogen-bond donors (Lipinski definition) is 2. The average Bonchev–Trinajstić information content (AvgIpc) is 2.67. The Morgan fingerprint density at radius 3 is 1.67 bits per heavy atom. The maximum Gasteiger partial charge on any atom is 0.185 e. The lowest BCUT2D eigenvalue weighted by atomic mass is 9.87. The minimum Gasteiger partial charge on any atom is -0.504 e. The van der Waals surface area contributed by atoms with Gasteiger partial charge in [0.25, 0.3) is 0 Å². The number of aromatic hydroxyl groups is 2. The second-order valence-electron chi connectivity index (χ2n) is 6.38. The fourth-order valence-electron chi connectivity index (χ4n) is 3.15. The van der Waals surface area contributed by atoms with Gasteiger partial charge in [0, 0.05) is 11.1 Å². The molecule has 0 spiro atoms. The van der Waals surface area contributed by atoms with Crippen LogP contribution < -0.4 is 9.47 Å². The zero-order chi connectivity index (χ0) is 19.4. The third-order valence-corrected chi connectivity index (χ3v) is 4.56. The molecule has 140 valence electrons. The van der Waals surface area contributed by atoms with Crippen LogP contribution in [0.4, 0.5) is 0 Å². The molecule has 2 aromatic rings. The predicted octanol–water partition coefficient (Wildman–Crippen LogP) is 4.34. The summed E-state index contributed by atoms with van der Waals surface area (Å²) in [6, 6.07) is 10.0. The molecular weight excluding hydrogens is 344 g/mol. The van der Waals surface area contributed by atoms with Crippen molar-refractivity contribution in [3.05, 3.63) is 58.7 Å². The molecular formula is C22H22O5. The van der Waals surface area contributed by atoms with Gasteiger partial charge in [-0.05, 0) is 66.8 Å². The number of hydrogen-bond acceptors (Lipinski definition) is 5. The first-order chi connectivity index (χ1) is 13.0. The van der Waals surface area contributed by atoms with Crippen LogP contribution in [0.15, 0.2) is 47.5 Å². The Hall–Kier alpha value is -3.21. The van der Waals surface area contributed by atoms with E-state index in [-0.39, 0.29) is 17.3 Å². The summed E-state index contributed by atoms with van der Waals surface area (Å²) in [5, 5.41) is 19.4. The van der Waals surface area contributed by atoms with Gasteiger partial charge in [-0.1, -0.05) is 12.1 Å². The Kier molecular flexibility index (Phi) is 5.50. The molecule has 2 N–H and O–H groups in total. The molecule has 5 nitrogen and oxygen atoms in total. The molecule has 5 heteroatoms. The van der Waals surface area contributed by atoms with Gasteiger partial charge in [-0.25, -0.2) is 0 Å². The van der Waals surface area contributed by atoms with E-state index in [0.29, 0.717) is 24.3 Å². The van der Waals surface area contributed by atoms with Crippen LogP contribution in [-0.2, 0) is 4.79 Å². The Morgan fingerprint density at radius 2 is 1.26 bits per heavy atom. The Bertz CT molecular complexity index is 851. The number of phenolic OH excluding ortho intramolecular Hbond substituents is 2. The summed E-state index contributed by atoms with van der Waals surface area (Å²) < 4.78 is 10.3. The van der Waals surface area contributed by atoms with Crippen molar-refractivity contribution in [2.24, 2.45) is 0 Å². The molecule has 1 fully saturated rings. The number of rotatable bonds is 4. The Balaban J connectivity index is 1.89. The van der Waals surface area contributed by atoms with Crippen LogP contribution in [0.2, 0.25) is 0 Å². The highest BCUT2D eigenvalue weighted by Crippen LogP contribution is 2.32. The van der Waals surface area contributed by atoms with Gasteiger partial charge in [-0.3, -0.25) is 4.79 Å². The molecule has 1 aliphatic carbocycles. The molecule has 1 saturated carbocycles. The maximum absolute atomic E-state index is 12.9. The van der Waals surface area contributed by atoms with Gasteiger partial charge in [-0.15, -0.1) is 0 Å². The van der Waals surface area contributed by atoms with Crippen molar-refractivity contribution in [2.75, 3.05) is 14.2 Å². The SMILES string of the molecule is COc1cc(/C=C2/CCC/C(=C/c3ccc(O)c(OC)c3)C2=O)ccc1O. The summed E-state index contributed by atoms with van der Waals surface area (Å²) in [6.07, 6.45) is 5.98. The summed E-state index contributed by atoms with van der Waals surface area (Å²) in [5.41, 5.74) is 3.07. The Labute approximate surface area is 158 Å². The molecule has 0 heterocycles. The molecule has 0 unspecified atom stereocenters. The van der Waals surface area contributed by atoms with Crippen LogP contribution >= 0.6 is 0 Å². The first-order valence-electron chi connectivity index (χ1n) is 8.71. The summed E-state index contributed by atoms with van der Waals surface area (Å²) in [6.45, 7) is 0. The molecule has 0 aliphatic heterocycles. The van der Waals surface area contributed by atoms with Crippen LogP contribution in [0.25, 0.3) is 12.2 Å². The van der Waals surface area contributed by atoms with E-state index < -0.39 is 0 Å². The third-order valence-electron chi connectivity index (χ3n) is 4.56. The predicted molar refractivity (Wildman–Crippen MR) is 104 cm³/mol. The van der Waals surface area contributed by atoms with Gasteiger partial charge in [0.15, 0.2) is 28.8 Å². The van der Waals surface area contributed by atoms with E-state index in [4.69, 9.17) is 9.47 Å². The van der Waals surface area contributed by atoms with Crippen molar-refractivity contribution in [1.29, 1.82) is 0 Å². The van der Waals surface area contributed by atoms with Crippen molar-refractivity contribution in [2.45, 2.75) is 19.3 Å². The van der Waals surface area contributed by atoms with E-state index in [1.54, 1.807) is 36.4 Å². The molecule has 0 saturated heterocycles. The Morgan fingerprint density at radius 1 is 0.815 bits per heavy atom. The van der Waals surface area contributed by atoms with Gasteiger partial charge in [0.1, 0.15) is 0 Å². The topological polar surface area (TPSA) is 76.0 Å². The lowest BCUT2D eigenvalue weighted by molar-refractivity contribution is -0.112. The molecule has 2 aromatic carbocycles. The minimum absolute atomic E-state index is 0.0142. The largest absolute Gasteiger partial charge is 0.504 e. The second-order valence-corrected chi connectivity index (χ2v) is 6.38. The number of ketones is 1. The second kappa shape index (κ2) is 7.99. The molecule has 0 aromatic heterocycles. The lowest BCUT2D eigenvalue weighted by Gasteiger charge is -2.17. The van der Waals surface area contributed by atoms with Crippen molar-refractivity contribution >= 4 is 17.9 Å². The number of benzene rings is 2. The first-order valence-corrected chi connectivity index (χ1v) is 8.71. The average molecular weight is 366 g/mol. The minimum atomic E-state index is 0.0142. The normalized spacial score (nSPS) is 17.3. The highest BCUT2D eigenvalue weighted by Gasteiger charge is 2.20. The van der Waals surface area contributed by atoms with Crippen molar-refractivity contribution < 1.29 is 24.5 Å². The fourth-order valence-corrected chi connectivity index (χ4v) is 3.15. The molecule has 0 amide bonds. The van der Waals surface area contributed by atoms with E-state index in [1.165, 1.54) is 14.2 Å². The fraction of sp³-hybridized carbons (Fsp3) is 0.227. The zero-order valence-corrected chi connectivity index (χ0v) is 15.4. The summed E-state index contributed by atoms with van der Waals surface area (Å²) in [4.78, 5) is 12.9. The van der Waals surface area contributed by atoms with E-state index in [0.717, 1.165) is 28.7 Å². The first kappa shape index (κ1) is 18.6. The van der Waals surface area contributed by atoms with Crippen molar-refractivity contribution in [1.82, 2.24) is 0 Å². The number of phenols is 2. The van der Waals surface area contributed by atoms with Gasteiger partial charge in [0.05, 0.1) is 14.2 Å². The third kappa shape index (κ3) is 4.14. The van der Waals surface area contributed by atoms with E-state index in [2.05, 4.69) is 0 Å². The molecule has 27 heavy (non-hydrogen) atoms. The van der Waals surface area contributed by atoms with Gasteiger partial charge >= 0.3 is 0 Å². The molecule has 0 radical (unpaired) electrons. The van der Waals surface area contributed by atoms with E-state index in [1.807, 2.05) is 12.2 Å². The number of allylic oxidation sites excluding steroid dienone is 2. The van der Waals surface area contributed by atoms with E-state index in [9.17, 15) is 15.0 Å². The number of methoxy groups -OCH3 is 2. The van der Waals surface area contributed by atoms with Crippen molar-refractivity contribution in [3.8, 4) is 23.0 Å². The number of ether oxygens (including phenoxy) is 2. The molecule has 3 rings (SSSR count). The van der Waals surface area contributed by atoms with Crippen LogP contribution in [-0.4, -0.2) is 30.2 Å². The van der Waals surface area contributed by atoms with Crippen LogP contribution in [0, 0.1) is 0 Å². The van der Waals surface area contributed by atoms with Gasteiger partial charge in [-0.2, -0.15) is 0 Å². The number of Topliss-reactive ketones (excluding diaryl/α,β-unsaturated/α-hetero) is 1. The smallest absolute Gasteiger partial charge is 0.185 e. The number of carbonyl (C=O) groups is 1. The molecule has 0 bridgehead atoms. The van der Waals surface area contributed by atoms with Crippen LogP contribution in [0.5, 0.6) is 23.0 Å². The number of carbonyl (C=O) groups excluding carboxylic acids is 1. The zero-order valence-electron chi connectivity index (χ0n) is 15.4. The van der Waals surface area contributed by atoms with E-state index >= 15 is 0 Å². The van der Waals surface area contributed by atoms with Crippen LogP contribution in [0.3, 0.4) is 0 Å². The summed E-state index contributed by atoms with van der Waals surface area (Å²) in [5.74, 6) is 0.896. The standard InChI is InChI=1S/C22H22O5/c1-26-20-12-14(6-8-18(20)23)10-16-4-3-5-17(22(16)25)11-15-7-9-19(24)21(13-15)27-2/h6-13,23-24H,3-5H2,1-2H3/b16-10-,17-11-. The van der Waals surface area contributed by atoms with Gasteiger partial charge in [0.2, 0.25) is 0 Å². The van der Waals surface area contributed by atoms with Gasteiger partial charge < -0.3 is 19.7 Å².